The summed E-state index contributed by atoms with van der Waals surface area (Å²) >= 11 is 0. The molecule has 0 unspecified atom stereocenters. The van der Waals surface area contributed by atoms with Crippen LogP contribution < -0.4 is 11.5 Å². The predicted molar refractivity (Wildman–Crippen MR) is 57.5 cm³/mol. The highest BCUT2D eigenvalue weighted by molar-refractivity contribution is 5.79. The quantitative estimate of drug-likeness (QED) is 0.337. The van der Waals surface area contributed by atoms with Crippen molar-refractivity contribution < 1.29 is 14.7 Å². The van der Waals surface area contributed by atoms with Gasteiger partial charge in [0.1, 0.15) is 5.78 Å². The second kappa shape index (κ2) is 10.2. The topological polar surface area (TPSA) is 131 Å². The highest BCUT2D eigenvalue weighted by atomic mass is 16.4. The Kier molecular flexibility index (Phi) is 10.5. The molecule has 0 aliphatic rings. The molecule has 0 bridgehead atoms. The fourth-order valence-corrected chi connectivity index (χ4v) is 0.433. The van der Waals surface area contributed by atoms with Crippen molar-refractivity contribution in [3.63, 3.8) is 0 Å². The molecule has 0 aliphatic carbocycles. The Labute approximate surface area is 87.9 Å². The number of ketones is 1. The lowest BCUT2D eigenvalue weighted by Gasteiger charge is -1.86. The first-order valence-corrected chi connectivity index (χ1v) is 4.15. The number of rotatable bonds is 4. The fraction of sp³-hybridized carbons (Fsp3) is 0.500. The summed E-state index contributed by atoms with van der Waals surface area (Å²) in [6.45, 7) is 2.61. The van der Waals surface area contributed by atoms with E-state index in [9.17, 15) is 4.79 Å². The Hall–Kier alpha value is -1.92. The lowest BCUT2D eigenvalue weighted by molar-refractivity contribution is -0.134. The fourth-order valence-electron chi connectivity index (χ4n) is 0.433. The standard InChI is InChI=1S/C6H12N4O.C2H4O2/c1-5(11)3-2-4-9-10-6(7)8;1-2(3)4/h4H,2-3H2,1H3,(H4,7,8,10);1H3,(H,3,4)/b9-4-;. The zero-order valence-corrected chi connectivity index (χ0v) is 8.80. The third-order valence-corrected chi connectivity index (χ3v) is 0.880. The summed E-state index contributed by atoms with van der Waals surface area (Å²) in [6.07, 6.45) is 2.55. The molecular weight excluding hydrogens is 200 g/mol. The molecule has 0 spiro atoms. The molecule has 5 N–H and O–H groups in total. The first-order valence-electron chi connectivity index (χ1n) is 4.15. The second-order valence-corrected chi connectivity index (χ2v) is 2.58. The largest absolute Gasteiger partial charge is 0.481 e. The molecule has 0 aromatic rings. The van der Waals surface area contributed by atoms with Crippen molar-refractivity contribution in [3.05, 3.63) is 0 Å². The van der Waals surface area contributed by atoms with Crippen LogP contribution in [0.1, 0.15) is 26.7 Å². The van der Waals surface area contributed by atoms with Gasteiger partial charge in [-0.25, -0.2) is 0 Å². The van der Waals surface area contributed by atoms with E-state index in [4.69, 9.17) is 21.4 Å². The number of carbonyl (C=O) groups excluding carboxylic acids is 1. The number of carbonyl (C=O) groups is 2. The van der Waals surface area contributed by atoms with Crippen LogP contribution in [0.3, 0.4) is 0 Å². The maximum atomic E-state index is 10.4. The molecule has 0 fully saturated rings. The van der Waals surface area contributed by atoms with Crippen molar-refractivity contribution in [2.45, 2.75) is 26.7 Å². The molecule has 0 atom stereocenters. The van der Waals surface area contributed by atoms with E-state index in [1.54, 1.807) is 0 Å². The van der Waals surface area contributed by atoms with Crippen LogP contribution in [-0.4, -0.2) is 29.0 Å². The van der Waals surface area contributed by atoms with Gasteiger partial charge in [-0.2, -0.15) is 5.10 Å². The van der Waals surface area contributed by atoms with Crippen LogP contribution in [0.4, 0.5) is 0 Å². The number of hydrogen-bond acceptors (Lipinski definition) is 4. The van der Waals surface area contributed by atoms with Crippen LogP contribution in [-0.2, 0) is 9.59 Å². The molecule has 0 aromatic heterocycles. The van der Waals surface area contributed by atoms with Crippen molar-refractivity contribution in [3.8, 4) is 0 Å². The van der Waals surface area contributed by atoms with Gasteiger partial charge in [0.25, 0.3) is 5.97 Å². The van der Waals surface area contributed by atoms with E-state index in [1.807, 2.05) is 0 Å². The monoisotopic (exact) mass is 216 g/mol. The van der Waals surface area contributed by atoms with Gasteiger partial charge in [-0.3, -0.25) is 4.79 Å². The van der Waals surface area contributed by atoms with Gasteiger partial charge in [0, 0.05) is 19.6 Å². The molecule has 7 heteroatoms. The van der Waals surface area contributed by atoms with E-state index in [2.05, 4.69) is 10.2 Å². The number of nitrogens with two attached hydrogens (primary N) is 2. The van der Waals surface area contributed by atoms with Gasteiger partial charge in [0.15, 0.2) is 0 Å². The third-order valence-electron chi connectivity index (χ3n) is 0.880. The molecule has 15 heavy (non-hydrogen) atoms. The number of aliphatic carboxylic acids is 1. The maximum Gasteiger partial charge on any atom is 0.300 e. The summed E-state index contributed by atoms with van der Waals surface area (Å²) in [4.78, 5) is 19.4. The number of carboxylic acids is 1. The molecule has 0 aromatic carbocycles. The number of guanidine groups is 1. The van der Waals surface area contributed by atoms with Gasteiger partial charge in [-0.15, -0.1) is 5.10 Å². The number of hydrogen-bond donors (Lipinski definition) is 3. The molecule has 0 aliphatic heterocycles. The van der Waals surface area contributed by atoms with Crippen molar-refractivity contribution >= 4 is 23.9 Å². The molecular formula is C8H16N4O3. The van der Waals surface area contributed by atoms with Crippen LogP contribution in [0.5, 0.6) is 0 Å². The van der Waals surface area contributed by atoms with Crippen LogP contribution in [0.15, 0.2) is 10.2 Å². The van der Waals surface area contributed by atoms with Crippen LogP contribution in [0.2, 0.25) is 0 Å². The average Bonchev–Trinajstić information content (AvgIpc) is 2.01. The minimum absolute atomic E-state index is 0.0796. The van der Waals surface area contributed by atoms with Crippen molar-refractivity contribution in [2.24, 2.45) is 21.7 Å². The van der Waals surface area contributed by atoms with E-state index in [1.165, 1.54) is 13.1 Å². The predicted octanol–water partition coefficient (Wildman–Crippen LogP) is -0.294. The van der Waals surface area contributed by atoms with Crippen LogP contribution in [0, 0.1) is 0 Å². The number of carboxylic acid groups (broad SMARTS) is 1. The maximum absolute atomic E-state index is 10.4. The average molecular weight is 216 g/mol. The second-order valence-electron chi connectivity index (χ2n) is 2.58. The van der Waals surface area contributed by atoms with E-state index in [0.717, 1.165) is 6.92 Å². The minimum atomic E-state index is -0.833. The number of nitrogens with zero attached hydrogens (tertiary/aromatic N) is 2. The van der Waals surface area contributed by atoms with Gasteiger partial charge in [0.2, 0.25) is 5.96 Å². The van der Waals surface area contributed by atoms with Crippen molar-refractivity contribution in [2.75, 3.05) is 0 Å². The first-order chi connectivity index (χ1) is 6.86. The van der Waals surface area contributed by atoms with Crippen molar-refractivity contribution in [1.82, 2.24) is 0 Å². The Morgan fingerprint density at radius 2 is 1.80 bits per heavy atom. The summed E-state index contributed by atoms with van der Waals surface area (Å²) in [5.41, 5.74) is 9.96. The molecule has 0 rings (SSSR count). The molecule has 86 valence electrons. The SMILES string of the molecule is CC(=O)CC/C=N\N=C(N)N.CC(=O)O. The smallest absolute Gasteiger partial charge is 0.300 e. The summed E-state index contributed by atoms with van der Waals surface area (Å²) in [6, 6.07) is 0. The van der Waals surface area contributed by atoms with Crippen molar-refractivity contribution in [1.29, 1.82) is 0 Å². The molecule has 0 saturated carbocycles. The Balaban J connectivity index is 0. The van der Waals surface area contributed by atoms with Gasteiger partial charge in [0.05, 0.1) is 0 Å². The van der Waals surface area contributed by atoms with E-state index in [-0.39, 0.29) is 11.7 Å². The summed E-state index contributed by atoms with van der Waals surface area (Å²) in [5.74, 6) is -0.787. The number of Topliss-reactive ketones (excluding diaryl/α,β-unsaturated/α-hetero) is 1. The summed E-state index contributed by atoms with van der Waals surface area (Å²) in [5, 5.41) is 14.3. The van der Waals surface area contributed by atoms with Crippen LogP contribution in [0.25, 0.3) is 0 Å². The Bertz CT molecular complexity index is 253. The van der Waals surface area contributed by atoms with Gasteiger partial charge in [-0.05, 0) is 13.3 Å². The van der Waals surface area contributed by atoms with Crippen LogP contribution >= 0.6 is 0 Å². The molecule has 7 nitrogen and oxygen atoms in total. The Morgan fingerprint density at radius 3 is 2.13 bits per heavy atom. The lowest BCUT2D eigenvalue weighted by atomic mass is 10.2. The minimum Gasteiger partial charge on any atom is -0.481 e. The lowest BCUT2D eigenvalue weighted by Crippen LogP contribution is -2.21. The van der Waals surface area contributed by atoms with E-state index >= 15 is 0 Å². The van der Waals surface area contributed by atoms with E-state index in [0.29, 0.717) is 12.8 Å². The molecule has 0 amide bonds. The van der Waals surface area contributed by atoms with E-state index < -0.39 is 5.97 Å². The molecule has 0 radical (unpaired) electrons. The normalized spacial score (nSPS) is 8.93. The third kappa shape index (κ3) is 33.2. The molecule has 0 heterocycles. The Morgan fingerprint density at radius 1 is 1.33 bits per heavy atom. The van der Waals surface area contributed by atoms with Gasteiger partial charge < -0.3 is 21.4 Å². The van der Waals surface area contributed by atoms with Gasteiger partial charge >= 0.3 is 0 Å². The molecule has 0 saturated heterocycles. The zero-order valence-electron chi connectivity index (χ0n) is 8.80. The highest BCUT2D eigenvalue weighted by Crippen LogP contribution is 1.85. The zero-order chi connectivity index (χ0) is 12.3. The first kappa shape index (κ1) is 15.5. The van der Waals surface area contributed by atoms with Gasteiger partial charge in [-0.1, -0.05) is 0 Å². The highest BCUT2D eigenvalue weighted by Gasteiger charge is 1.88. The summed E-state index contributed by atoms with van der Waals surface area (Å²) < 4.78 is 0. The summed E-state index contributed by atoms with van der Waals surface area (Å²) in [7, 11) is 0.